The van der Waals surface area contributed by atoms with Crippen molar-refractivity contribution in [1.29, 1.82) is 0 Å². The first-order valence-electron chi connectivity index (χ1n) is 7.97. The molecule has 0 bridgehead atoms. The molecule has 124 valence electrons. The maximum Gasteiger partial charge on any atom is 0.327 e. The predicted octanol–water partition coefficient (Wildman–Crippen LogP) is 1.47. The summed E-state index contributed by atoms with van der Waals surface area (Å²) in [5.41, 5.74) is 2.17. The van der Waals surface area contributed by atoms with Crippen LogP contribution in [0, 0.1) is 13.8 Å². The third kappa shape index (κ3) is 3.17. The molecular formula is C17H22N2O4. The van der Waals surface area contributed by atoms with Gasteiger partial charge in [-0.25, -0.2) is 4.79 Å². The van der Waals surface area contributed by atoms with Gasteiger partial charge in [-0.05, 0) is 49.9 Å². The van der Waals surface area contributed by atoms with Crippen molar-refractivity contribution in [3.8, 4) is 5.75 Å². The van der Waals surface area contributed by atoms with E-state index in [1.807, 2.05) is 32.0 Å². The molecule has 1 aromatic rings. The maximum absolute atomic E-state index is 12.2. The van der Waals surface area contributed by atoms with Crippen LogP contribution < -0.4 is 4.74 Å². The number of hydrogen-bond donors (Lipinski definition) is 1. The standard InChI is InChI=1S/C17H22N2O4/c1-11-6-12(2)8-14(7-11)23-10-13(20)9-19-16(21)15-4-3-5-18(15)17(19)22/h6-8,13,15,20H,3-5,9-10H2,1-2H3/t13-,15-/m0/s1. The van der Waals surface area contributed by atoms with Crippen molar-refractivity contribution in [2.75, 3.05) is 19.7 Å². The lowest BCUT2D eigenvalue weighted by molar-refractivity contribution is -0.129. The van der Waals surface area contributed by atoms with E-state index < -0.39 is 6.10 Å². The van der Waals surface area contributed by atoms with Gasteiger partial charge in [0.2, 0.25) is 0 Å². The number of benzene rings is 1. The second-order valence-electron chi connectivity index (χ2n) is 6.37. The highest BCUT2D eigenvalue weighted by Gasteiger charge is 2.47. The van der Waals surface area contributed by atoms with Crippen LogP contribution in [-0.2, 0) is 4.79 Å². The van der Waals surface area contributed by atoms with Crippen LogP contribution >= 0.6 is 0 Å². The molecule has 6 heteroatoms. The molecule has 6 nitrogen and oxygen atoms in total. The first kappa shape index (κ1) is 15.8. The molecule has 2 heterocycles. The third-order valence-corrected chi connectivity index (χ3v) is 4.31. The average molecular weight is 318 g/mol. The lowest BCUT2D eigenvalue weighted by Gasteiger charge is -2.19. The van der Waals surface area contributed by atoms with Gasteiger partial charge in [-0.1, -0.05) is 6.07 Å². The van der Waals surface area contributed by atoms with Crippen LogP contribution in [0.3, 0.4) is 0 Å². The summed E-state index contributed by atoms with van der Waals surface area (Å²) < 4.78 is 5.59. The van der Waals surface area contributed by atoms with Crippen LogP contribution in [0.1, 0.15) is 24.0 Å². The largest absolute Gasteiger partial charge is 0.491 e. The Bertz CT molecular complexity index is 589. The second-order valence-corrected chi connectivity index (χ2v) is 6.37. The number of aliphatic hydroxyl groups excluding tert-OH is 1. The van der Waals surface area contributed by atoms with Crippen LogP contribution in [0.4, 0.5) is 4.79 Å². The van der Waals surface area contributed by atoms with Crippen LogP contribution in [-0.4, -0.2) is 58.7 Å². The minimum Gasteiger partial charge on any atom is -0.491 e. The number of urea groups is 1. The molecule has 3 amide bonds. The van der Waals surface area contributed by atoms with Gasteiger partial charge in [0.15, 0.2) is 0 Å². The van der Waals surface area contributed by atoms with Gasteiger partial charge in [0.05, 0.1) is 6.54 Å². The number of ether oxygens (including phenoxy) is 1. The number of carbonyl (C=O) groups is 2. The second kappa shape index (κ2) is 6.20. The Morgan fingerprint density at radius 3 is 2.61 bits per heavy atom. The van der Waals surface area contributed by atoms with Gasteiger partial charge in [-0.3, -0.25) is 9.69 Å². The van der Waals surface area contributed by atoms with E-state index in [4.69, 9.17) is 4.74 Å². The van der Waals surface area contributed by atoms with Crippen LogP contribution in [0.5, 0.6) is 5.75 Å². The number of fused-ring (bicyclic) bond motifs is 1. The molecule has 2 aliphatic rings. The van der Waals surface area contributed by atoms with Gasteiger partial charge < -0.3 is 14.7 Å². The first-order valence-corrected chi connectivity index (χ1v) is 7.97. The summed E-state index contributed by atoms with van der Waals surface area (Å²) in [6, 6.07) is 5.21. The number of nitrogens with zero attached hydrogens (tertiary/aromatic N) is 2. The normalized spacial score (nSPS) is 21.8. The third-order valence-electron chi connectivity index (χ3n) is 4.31. The van der Waals surface area contributed by atoms with Gasteiger partial charge in [0.1, 0.15) is 24.5 Å². The highest BCUT2D eigenvalue weighted by molar-refractivity contribution is 6.04. The number of rotatable bonds is 5. The Morgan fingerprint density at radius 1 is 1.26 bits per heavy atom. The van der Waals surface area contributed by atoms with Crippen molar-refractivity contribution in [2.24, 2.45) is 0 Å². The van der Waals surface area contributed by atoms with Crippen LogP contribution in [0.25, 0.3) is 0 Å². The lowest BCUT2D eigenvalue weighted by atomic mass is 10.1. The highest BCUT2D eigenvalue weighted by atomic mass is 16.5. The van der Waals surface area contributed by atoms with Crippen molar-refractivity contribution in [2.45, 2.75) is 38.8 Å². The number of amides is 3. The first-order chi connectivity index (χ1) is 11.0. The molecule has 2 fully saturated rings. The van der Waals surface area contributed by atoms with Gasteiger partial charge in [-0.2, -0.15) is 0 Å². The topological polar surface area (TPSA) is 70.1 Å². The zero-order valence-electron chi connectivity index (χ0n) is 13.5. The van der Waals surface area contributed by atoms with Crippen molar-refractivity contribution >= 4 is 11.9 Å². The summed E-state index contributed by atoms with van der Waals surface area (Å²) in [6.45, 7) is 4.61. The Morgan fingerprint density at radius 2 is 1.96 bits per heavy atom. The number of imide groups is 1. The Kier molecular flexibility index (Phi) is 4.26. The number of aryl methyl sites for hydroxylation is 2. The average Bonchev–Trinajstić information content (AvgIpc) is 3.04. The van der Waals surface area contributed by atoms with Crippen molar-refractivity contribution in [1.82, 2.24) is 9.80 Å². The van der Waals surface area contributed by atoms with E-state index in [-0.39, 0.29) is 31.1 Å². The minimum atomic E-state index is -0.899. The van der Waals surface area contributed by atoms with Gasteiger partial charge in [-0.15, -0.1) is 0 Å². The van der Waals surface area contributed by atoms with E-state index in [0.29, 0.717) is 12.3 Å². The van der Waals surface area contributed by atoms with Crippen molar-refractivity contribution in [3.63, 3.8) is 0 Å². The lowest BCUT2D eigenvalue weighted by Crippen LogP contribution is -2.41. The zero-order chi connectivity index (χ0) is 16.6. The fraction of sp³-hybridized carbons (Fsp3) is 0.529. The molecule has 2 saturated heterocycles. The molecule has 0 aromatic heterocycles. The summed E-state index contributed by atoms with van der Waals surface area (Å²) in [5, 5.41) is 10.1. The van der Waals surface area contributed by atoms with E-state index in [1.165, 1.54) is 0 Å². The predicted molar refractivity (Wildman–Crippen MR) is 84.3 cm³/mol. The van der Waals surface area contributed by atoms with Crippen LogP contribution in [0.2, 0.25) is 0 Å². The monoisotopic (exact) mass is 318 g/mol. The summed E-state index contributed by atoms with van der Waals surface area (Å²) in [6.07, 6.45) is 0.689. The molecule has 0 saturated carbocycles. The molecule has 0 aliphatic carbocycles. The molecule has 1 aromatic carbocycles. The molecule has 2 atom stereocenters. The van der Waals surface area contributed by atoms with Crippen molar-refractivity contribution < 1.29 is 19.4 Å². The Hall–Kier alpha value is -2.08. The Labute approximate surface area is 135 Å². The molecule has 0 radical (unpaired) electrons. The van der Waals surface area contributed by atoms with Gasteiger partial charge in [0, 0.05) is 6.54 Å². The smallest absolute Gasteiger partial charge is 0.327 e. The molecule has 2 aliphatic heterocycles. The summed E-state index contributed by atoms with van der Waals surface area (Å²) in [5.74, 6) is 0.485. The fourth-order valence-corrected chi connectivity index (χ4v) is 3.32. The summed E-state index contributed by atoms with van der Waals surface area (Å²) in [4.78, 5) is 27.1. The number of carbonyl (C=O) groups excluding carboxylic acids is 2. The summed E-state index contributed by atoms with van der Waals surface area (Å²) in [7, 11) is 0. The summed E-state index contributed by atoms with van der Waals surface area (Å²) >= 11 is 0. The van der Waals surface area contributed by atoms with E-state index in [9.17, 15) is 14.7 Å². The number of hydrogen-bond acceptors (Lipinski definition) is 4. The highest BCUT2D eigenvalue weighted by Crippen LogP contribution is 2.27. The number of β-amino-alcohol motifs (C(OH)–C–C–N with tert-alkyl or cyclic N) is 1. The molecule has 0 spiro atoms. The molecule has 1 N–H and O–H groups in total. The fourth-order valence-electron chi connectivity index (χ4n) is 3.32. The van der Waals surface area contributed by atoms with Gasteiger partial charge >= 0.3 is 6.03 Å². The molecule has 23 heavy (non-hydrogen) atoms. The van der Waals surface area contributed by atoms with E-state index in [1.54, 1.807) is 4.90 Å². The molecule has 0 unspecified atom stereocenters. The van der Waals surface area contributed by atoms with Crippen molar-refractivity contribution in [3.05, 3.63) is 29.3 Å². The Balaban J connectivity index is 1.56. The van der Waals surface area contributed by atoms with Crippen LogP contribution in [0.15, 0.2) is 18.2 Å². The quantitative estimate of drug-likeness (QED) is 0.835. The van der Waals surface area contributed by atoms with E-state index in [2.05, 4.69) is 0 Å². The maximum atomic E-state index is 12.2. The molecule has 3 rings (SSSR count). The number of aliphatic hydroxyl groups is 1. The molecular weight excluding hydrogens is 296 g/mol. The van der Waals surface area contributed by atoms with Gasteiger partial charge in [0.25, 0.3) is 5.91 Å². The van der Waals surface area contributed by atoms with E-state index >= 15 is 0 Å². The SMILES string of the molecule is Cc1cc(C)cc(OC[C@@H](O)CN2C(=O)[C@@H]3CCCN3C2=O)c1. The zero-order valence-corrected chi connectivity index (χ0v) is 13.5. The van der Waals surface area contributed by atoms with E-state index in [0.717, 1.165) is 28.9 Å². The minimum absolute atomic E-state index is 0.0184.